The molecule has 1 atom stereocenters. The Morgan fingerprint density at radius 2 is 2.33 bits per heavy atom. The molecule has 80 valence electrons. The normalized spacial score (nSPS) is 12.9. The van der Waals surface area contributed by atoms with Gasteiger partial charge in [0.2, 0.25) is 0 Å². The molecule has 0 bridgehead atoms. The van der Waals surface area contributed by atoms with Crippen molar-refractivity contribution in [3.8, 4) is 0 Å². The maximum absolute atomic E-state index is 5.32. The van der Waals surface area contributed by atoms with Crippen molar-refractivity contribution in [3.63, 3.8) is 0 Å². The molecule has 0 aliphatic rings. The Balaban J connectivity index is 1.88. The molecule has 3 nitrogen and oxygen atoms in total. The highest BCUT2D eigenvalue weighted by Gasteiger charge is 2.06. The molecule has 0 spiro atoms. The van der Waals surface area contributed by atoms with Crippen LogP contribution in [0.25, 0.3) is 0 Å². The van der Waals surface area contributed by atoms with Crippen molar-refractivity contribution in [1.82, 2.24) is 9.88 Å². The van der Waals surface area contributed by atoms with Crippen LogP contribution in [0.2, 0.25) is 0 Å². The minimum absolute atomic E-state index is 0.250. The summed E-state index contributed by atoms with van der Waals surface area (Å²) in [5.41, 5.74) is 1.29. The van der Waals surface area contributed by atoms with Crippen LogP contribution in [0.4, 0.5) is 0 Å². The van der Waals surface area contributed by atoms with E-state index in [4.69, 9.17) is 4.42 Å². The van der Waals surface area contributed by atoms with Gasteiger partial charge in [-0.2, -0.15) is 0 Å². The van der Waals surface area contributed by atoms with Crippen LogP contribution < -0.4 is 5.32 Å². The van der Waals surface area contributed by atoms with Gasteiger partial charge in [0.25, 0.3) is 0 Å². The Kier molecular flexibility index (Phi) is 2.92. The topological polar surface area (TPSA) is 30.1 Å². The molecule has 0 aliphatic carbocycles. The van der Waals surface area contributed by atoms with E-state index in [1.165, 1.54) is 5.56 Å². The lowest BCUT2D eigenvalue weighted by Gasteiger charge is -2.09. The fraction of sp³-hybridized carbons (Fsp3) is 0.333. The number of nitrogens with zero attached hydrogens (tertiary/aromatic N) is 1. The van der Waals surface area contributed by atoms with Gasteiger partial charge in [-0.15, -0.1) is 0 Å². The zero-order valence-corrected chi connectivity index (χ0v) is 9.10. The van der Waals surface area contributed by atoms with Gasteiger partial charge in [0, 0.05) is 26.0 Å². The minimum atomic E-state index is 0.250. The zero-order valence-electron chi connectivity index (χ0n) is 9.10. The second-order valence-corrected chi connectivity index (χ2v) is 3.80. The summed E-state index contributed by atoms with van der Waals surface area (Å²) in [6, 6.07) is 6.26. The van der Waals surface area contributed by atoms with Crippen LogP contribution in [-0.2, 0) is 13.6 Å². The van der Waals surface area contributed by atoms with E-state index in [-0.39, 0.29) is 6.04 Å². The fourth-order valence-electron chi connectivity index (χ4n) is 1.57. The minimum Gasteiger partial charge on any atom is -0.468 e. The Bertz CT molecular complexity index is 403. The highest BCUT2D eigenvalue weighted by Crippen LogP contribution is 2.13. The van der Waals surface area contributed by atoms with Gasteiger partial charge in [-0.1, -0.05) is 0 Å². The van der Waals surface area contributed by atoms with Gasteiger partial charge in [0.1, 0.15) is 5.76 Å². The first-order valence-electron chi connectivity index (χ1n) is 5.13. The molecular formula is C12H16N2O. The molecular weight excluding hydrogens is 188 g/mol. The molecule has 0 saturated heterocycles. The van der Waals surface area contributed by atoms with Crippen molar-refractivity contribution in [2.24, 2.45) is 7.05 Å². The maximum atomic E-state index is 5.32. The van der Waals surface area contributed by atoms with Crippen LogP contribution in [0, 0.1) is 0 Å². The predicted octanol–water partition coefficient (Wildman–Crippen LogP) is 2.47. The van der Waals surface area contributed by atoms with Gasteiger partial charge in [0.05, 0.1) is 12.3 Å². The zero-order chi connectivity index (χ0) is 10.7. The van der Waals surface area contributed by atoms with Crippen molar-refractivity contribution in [2.45, 2.75) is 19.5 Å². The maximum Gasteiger partial charge on any atom is 0.120 e. The number of aromatic nitrogens is 1. The van der Waals surface area contributed by atoms with Gasteiger partial charge < -0.3 is 14.3 Å². The van der Waals surface area contributed by atoms with Gasteiger partial charge in [-0.3, -0.25) is 0 Å². The summed E-state index contributed by atoms with van der Waals surface area (Å²) in [6.45, 7) is 2.96. The Morgan fingerprint density at radius 3 is 2.93 bits per heavy atom. The lowest BCUT2D eigenvalue weighted by Crippen LogP contribution is -2.17. The van der Waals surface area contributed by atoms with Crippen LogP contribution >= 0.6 is 0 Å². The van der Waals surface area contributed by atoms with E-state index in [1.54, 1.807) is 6.26 Å². The van der Waals surface area contributed by atoms with Crippen molar-refractivity contribution >= 4 is 0 Å². The molecule has 3 heteroatoms. The Morgan fingerprint density at radius 1 is 1.47 bits per heavy atom. The monoisotopic (exact) mass is 204 g/mol. The number of furan rings is 1. The molecule has 2 aromatic heterocycles. The van der Waals surface area contributed by atoms with Gasteiger partial charge in [0.15, 0.2) is 0 Å². The highest BCUT2D eigenvalue weighted by molar-refractivity contribution is 5.10. The van der Waals surface area contributed by atoms with E-state index in [0.29, 0.717) is 0 Å². The third-order valence-corrected chi connectivity index (χ3v) is 2.48. The molecule has 1 N–H and O–H groups in total. The number of nitrogens with one attached hydrogen (secondary N) is 1. The predicted molar refractivity (Wildman–Crippen MR) is 59.4 cm³/mol. The van der Waals surface area contributed by atoms with Gasteiger partial charge in [-0.25, -0.2) is 0 Å². The molecule has 2 rings (SSSR count). The summed E-state index contributed by atoms with van der Waals surface area (Å²) < 4.78 is 7.37. The van der Waals surface area contributed by atoms with Crippen LogP contribution in [0.5, 0.6) is 0 Å². The Labute approximate surface area is 89.7 Å². The molecule has 0 radical (unpaired) electrons. The fourth-order valence-corrected chi connectivity index (χ4v) is 1.57. The van der Waals surface area contributed by atoms with Crippen molar-refractivity contribution < 1.29 is 4.42 Å². The van der Waals surface area contributed by atoms with Crippen LogP contribution in [-0.4, -0.2) is 4.57 Å². The molecule has 0 saturated carbocycles. The number of hydrogen-bond donors (Lipinski definition) is 1. The summed E-state index contributed by atoms with van der Waals surface area (Å²) >= 11 is 0. The molecule has 0 amide bonds. The summed E-state index contributed by atoms with van der Waals surface area (Å²) in [4.78, 5) is 0. The average Bonchev–Trinajstić information content (AvgIpc) is 2.84. The van der Waals surface area contributed by atoms with Crippen molar-refractivity contribution in [3.05, 3.63) is 48.2 Å². The second kappa shape index (κ2) is 4.36. The van der Waals surface area contributed by atoms with Crippen molar-refractivity contribution in [1.29, 1.82) is 0 Å². The third-order valence-electron chi connectivity index (χ3n) is 2.48. The summed E-state index contributed by atoms with van der Waals surface area (Å²) in [7, 11) is 2.03. The molecule has 0 fully saturated rings. The third kappa shape index (κ3) is 2.50. The lowest BCUT2D eigenvalue weighted by molar-refractivity contribution is 0.430. The molecule has 2 aromatic rings. The molecule has 0 unspecified atom stereocenters. The van der Waals surface area contributed by atoms with E-state index >= 15 is 0 Å². The van der Waals surface area contributed by atoms with Crippen LogP contribution in [0.1, 0.15) is 24.3 Å². The molecule has 2 heterocycles. The molecule has 0 aliphatic heterocycles. The largest absolute Gasteiger partial charge is 0.468 e. The van der Waals surface area contributed by atoms with Crippen molar-refractivity contribution in [2.75, 3.05) is 0 Å². The first kappa shape index (κ1) is 10.1. The quantitative estimate of drug-likeness (QED) is 0.829. The Hall–Kier alpha value is -1.48. The first-order chi connectivity index (χ1) is 7.25. The standard InChI is InChI=1S/C12H16N2O/c1-10(12-4-3-7-15-12)13-8-11-5-6-14(2)9-11/h3-7,9-10,13H,8H2,1-2H3/t10-/m0/s1. The molecule has 15 heavy (non-hydrogen) atoms. The second-order valence-electron chi connectivity index (χ2n) is 3.80. The van der Waals surface area contributed by atoms with Gasteiger partial charge >= 0.3 is 0 Å². The number of aryl methyl sites for hydroxylation is 1. The van der Waals surface area contributed by atoms with E-state index < -0.39 is 0 Å². The average molecular weight is 204 g/mol. The van der Waals surface area contributed by atoms with E-state index in [1.807, 2.05) is 19.2 Å². The lowest BCUT2D eigenvalue weighted by atomic mass is 10.2. The van der Waals surface area contributed by atoms with Crippen LogP contribution in [0.3, 0.4) is 0 Å². The summed E-state index contributed by atoms with van der Waals surface area (Å²) in [5, 5.41) is 3.41. The number of rotatable bonds is 4. The summed E-state index contributed by atoms with van der Waals surface area (Å²) in [6.07, 6.45) is 5.87. The van der Waals surface area contributed by atoms with E-state index in [9.17, 15) is 0 Å². The first-order valence-corrected chi connectivity index (χ1v) is 5.13. The molecule has 0 aromatic carbocycles. The number of hydrogen-bond acceptors (Lipinski definition) is 2. The van der Waals surface area contributed by atoms with E-state index in [0.717, 1.165) is 12.3 Å². The SMILES string of the molecule is C[C@H](NCc1ccn(C)c1)c1ccco1. The summed E-state index contributed by atoms with van der Waals surface area (Å²) in [5.74, 6) is 0.978. The van der Waals surface area contributed by atoms with E-state index in [2.05, 4.69) is 35.3 Å². The highest BCUT2D eigenvalue weighted by atomic mass is 16.3. The van der Waals surface area contributed by atoms with Gasteiger partial charge in [-0.05, 0) is 30.7 Å². The smallest absolute Gasteiger partial charge is 0.120 e. The van der Waals surface area contributed by atoms with Crippen LogP contribution in [0.15, 0.2) is 41.3 Å².